The molecule has 0 saturated heterocycles. The quantitative estimate of drug-likeness (QED) is 0.846. The monoisotopic (exact) mass is 315 g/mol. The molecule has 0 atom stereocenters. The van der Waals surface area contributed by atoms with Crippen molar-refractivity contribution < 1.29 is 9.53 Å². The van der Waals surface area contributed by atoms with E-state index in [0.717, 1.165) is 37.0 Å². The van der Waals surface area contributed by atoms with E-state index in [1.165, 1.54) is 0 Å². The second-order valence-electron chi connectivity index (χ2n) is 6.63. The molecule has 1 aliphatic rings. The van der Waals surface area contributed by atoms with E-state index in [-0.39, 0.29) is 12.5 Å². The maximum absolute atomic E-state index is 12.2. The van der Waals surface area contributed by atoms with Crippen molar-refractivity contribution in [3.8, 4) is 11.8 Å². The minimum atomic E-state index is -0.673. The maximum Gasteiger partial charge on any atom is 0.235 e. The predicted molar refractivity (Wildman–Crippen MR) is 89.0 cm³/mol. The van der Waals surface area contributed by atoms with Gasteiger partial charge in [0.25, 0.3) is 0 Å². The highest BCUT2D eigenvalue weighted by atomic mass is 16.5. The Morgan fingerprint density at radius 1 is 1.35 bits per heavy atom. The van der Waals surface area contributed by atoms with E-state index in [1.54, 1.807) is 7.11 Å². The third-order valence-electron chi connectivity index (χ3n) is 4.52. The number of methoxy groups -OCH3 is 1. The number of carbonyl (C=O) groups excluding carboxylic acids is 1. The highest BCUT2D eigenvalue weighted by Crippen LogP contribution is 2.30. The lowest BCUT2D eigenvalue weighted by atomic mass is 9.93. The Bertz CT molecular complexity index is 599. The van der Waals surface area contributed by atoms with Gasteiger partial charge in [-0.3, -0.25) is 10.1 Å². The van der Waals surface area contributed by atoms with Gasteiger partial charge in [0.15, 0.2) is 0 Å². The lowest BCUT2D eigenvalue weighted by Gasteiger charge is -2.29. The largest absolute Gasteiger partial charge is 0.496 e. The molecule has 23 heavy (non-hydrogen) atoms. The number of amides is 1. The van der Waals surface area contributed by atoms with E-state index in [0.29, 0.717) is 0 Å². The highest BCUT2D eigenvalue weighted by molar-refractivity contribution is 5.79. The van der Waals surface area contributed by atoms with Crippen molar-refractivity contribution >= 4 is 5.91 Å². The molecule has 0 spiro atoms. The Morgan fingerprint density at radius 2 is 2.00 bits per heavy atom. The molecule has 0 heterocycles. The van der Waals surface area contributed by atoms with Crippen molar-refractivity contribution in [2.45, 2.75) is 50.6 Å². The summed E-state index contributed by atoms with van der Waals surface area (Å²) in [5.41, 5.74) is -0.0987. The third-order valence-corrected chi connectivity index (χ3v) is 4.52. The number of benzene rings is 1. The zero-order valence-corrected chi connectivity index (χ0v) is 14.1. The number of hydrogen-bond donors (Lipinski definition) is 2. The lowest BCUT2D eigenvalue weighted by Crippen LogP contribution is -2.50. The van der Waals surface area contributed by atoms with Crippen LogP contribution in [0.15, 0.2) is 24.3 Å². The van der Waals surface area contributed by atoms with Crippen LogP contribution in [0, 0.1) is 11.3 Å². The van der Waals surface area contributed by atoms with Gasteiger partial charge in [-0.1, -0.05) is 18.2 Å². The van der Waals surface area contributed by atoms with E-state index in [9.17, 15) is 10.1 Å². The molecule has 1 aliphatic carbocycles. The Kier molecular flexibility index (Phi) is 5.27. The Labute approximate surface area is 138 Å². The van der Waals surface area contributed by atoms with Crippen LogP contribution < -0.4 is 15.4 Å². The van der Waals surface area contributed by atoms with Crippen LogP contribution in [0.25, 0.3) is 0 Å². The molecule has 1 amide bonds. The zero-order chi connectivity index (χ0) is 16.9. The molecule has 0 radical (unpaired) electrons. The number of rotatable bonds is 6. The van der Waals surface area contributed by atoms with Gasteiger partial charge < -0.3 is 10.1 Å². The second-order valence-corrected chi connectivity index (χ2v) is 6.63. The smallest absolute Gasteiger partial charge is 0.235 e. The normalized spacial score (nSPS) is 16.6. The third kappa shape index (κ3) is 4.02. The summed E-state index contributed by atoms with van der Waals surface area (Å²) in [6, 6.07) is 10.0. The van der Waals surface area contributed by atoms with Crippen LogP contribution in [-0.4, -0.2) is 25.1 Å². The van der Waals surface area contributed by atoms with Crippen molar-refractivity contribution in [1.82, 2.24) is 10.6 Å². The summed E-state index contributed by atoms with van der Waals surface area (Å²) >= 11 is 0. The molecular weight excluding hydrogens is 290 g/mol. The first kappa shape index (κ1) is 17.3. The number of ether oxygens (including phenoxy) is 1. The van der Waals surface area contributed by atoms with Crippen LogP contribution in [0.2, 0.25) is 0 Å². The first-order valence-electron chi connectivity index (χ1n) is 8.03. The van der Waals surface area contributed by atoms with Gasteiger partial charge in [-0.05, 0) is 45.6 Å². The SMILES string of the molecule is COc1ccccc1C(C)(C)NCC(=O)NC1(C#N)CCCC1. The summed E-state index contributed by atoms with van der Waals surface area (Å²) < 4.78 is 5.40. The summed E-state index contributed by atoms with van der Waals surface area (Å²) in [4.78, 5) is 12.2. The minimum Gasteiger partial charge on any atom is -0.496 e. The van der Waals surface area contributed by atoms with Crippen LogP contribution in [0.1, 0.15) is 45.1 Å². The fourth-order valence-corrected chi connectivity index (χ4v) is 3.11. The van der Waals surface area contributed by atoms with Gasteiger partial charge in [-0.2, -0.15) is 5.26 Å². The molecule has 1 aromatic rings. The van der Waals surface area contributed by atoms with E-state index in [1.807, 2.05) is 38.1 Å². The van der Waals surface area contributed by atoms with E-state index >= 15 is 0 Å². The number of nitriles is 1. The van der Waals surface area contributed by atoms with Gasteiger partial charge in [-0.25, -0.2) is 0 Å². The summed E-state index contributed by atoms with van der Waals surface area (Å²) in [6.07, 6.45) is 3.47. The van der Waals surface area contributed by atoms with Crippen molar-refractivity contribution in [1.29, 1.82) is 5.26 Å². The molecular formula is C18H25N3O2. The average Bonchev–Trinajstić information content (AvgIpc) is 3.02. The van der Waals surface area contributed by atoms with E-state index < -0.39 is 11.1 Å². The standard InChI is InChI=1S/C18H25N3O2/c1-17(2,14-8-4-5-9-15(14)23-3)20-12-16(22)21-18(13-19)10-6-7-11-18/h4-5,8-9,20H,6-7,10-12H2,1-3H3,(H,21,22). The van der Waals surface area contributed by atoms with Gasteiger partial charge in [0.1, 0.15) is 11.3 Å². The fourth-order valence-electron chi connectivity index (χ4n) is 3.11. The van der Waals surface area contributed by atoms with Crippen molar-refractivity contribution in [3.63, 3.8) is 0 Å². The number of carbonyl (C=O) groups is 1. The van der Waals surface area contributed by atoms with Gasteiger partial charge in [0.2, 0.25) is 5.91 Å². The van der Waals surface area contributed by atoms with Crippen LogP contribution in [0.3, 0.4) is 0 Å². The Balaban J connectivity index is 1.99. The Hall–Kier alpha value is -2.06. The molecule has 0 bridgehead atoms. The molecule has 0 aliphatic heterocycles. The van der Waals surface area contributed by atoms with Gasteiger partial charge in [0, 0.05) is 11.1 Å². The highest BCUT2D eigenvalue weighted by Gasteiger charge is 2.35. The molecule has 0 aromatic heterocycles. The van der Waals surface area contributed by atoms with Crippen LogP contribution in [-0.2, 0) is 10.3 Å². The number of hydrogen-bond acceptors (Lipinski definition) is 4. The molecule has 0 unspecified atom stereocenters. The van der Waals surface area contributed by atoms with Crippen molar-refractivity contribution in [2.24, 2.45) is 0 Å². The summed E-state index contributed by atoms with van der Waals surface area (Å²) in [5.74, 6) is 0.645. The maximum atomic E-state index is 12.2. The molecule has 5 nitrogen and oxygen atoms in total. The number of para-hydroxylation sites is 1. The first-order valence-corrected chi connectivity index (χ1v) is 8.03. The molecule has 1 fully saturated rings. The minimum absolute atomic E-state index is 0.142. The van der Waals surface area contributed by atoms with Crippen LogP contribution in [0.5, 0.6) is 5.75 Å². The van der Waals surface area contributed by atoms with Gasteiger partial charge in [0.05, 0.1) is 19.7 Å². The molecule has 2 N–H and O–H groups in total. The van der Waals surface area contributed by atoms with Crippen molar-refractivity contribution in [3.05, 3.63) is 29.8 Å². The lowest BCUT2D eigenvalue weighted by molar-refractivity contribution is -0.121. The van der Waals surface area contributed by atoms with Gasteiger partial charge >= 0.3 is 0 Å². The molecule has 1 aromatic carbocycles. The van der Waals surface area contributed by atoms with Crippen LogP contribution in [0.4, 0.5) is 0 Å². The summed E-state index contributed by atoms with van der Waals surface area (Å²) in [7, 11) is 1.64. The average molecular weight is 315 g/mol. The molecule has 124 valence electrons. The van der Waals surface area contributed by atoms with Crippen molar-refractivity contribution in [2.75, 3.05) is 13.7 Å². The summed E-state index contributed by atoms with van der Waals surface area (Å²) in [5, 5.41) is 15.5. The Morgan fingerprint density at radius 3 is 2.61 bits per heavy atom. The predicted octanol–water partition coefficient (Wildman–Crippen LogP) is 2.47. The second kappa shape index (κ2) is 7.01. The first-order chi connectivity index (χ1) is 10.9. The van der Waals surface area contributed by atoms with Gasteiger partial charge in [-0.15, -0.1) is 0 Å². The van der Waals surface area contributed by atoms with E-state index in [2.05, 4.69) is 16.7 Å². The molecule has 1 saturated carbocycles. The van der Waals surface area contributed by atoms with Crippen LogP contribution >= 0.6 is 0 Å². The molecule has 2 rings (SSSR count). The molecule has 5 heteroatoms. The topological polar surface area (TPSA) is 74.2 Å². The number of nitrogens with zero attached hydrogens (tertiary/aromatic N) is 1. The number of nitrogens with one attached hydrogen (secondary N) is 2. The fraction of sp³-hybridized carbons (Fsp3) is 0.556. The van der Waals surface area contributed by atoms with E-state index in [4.69, 9.17) is 4.74 Å². The summed E-state index contributed by atoms with van der Waals surface area (Å²) in [6.45, 7) is 4.18. The zero-order valence-electron chi connectivity index (χ0n) is 14.1.